The van der Waals surface area contributed by atoms with E-state index in [4.69, 9.17) is 0 Å². The van der Waals surface area contributed by atoms with Crippen molar-refractivity contribution in [1.82, 2.24) is 8.80 Å². The van der Waals surface area contributed by atoms with E-state index in [0.29, 0.717) is 0 Å². The first-order chi connectivity index (χ1) is 27.8. The summed E-state index contributed by atoms with van der Waals surface area (Å²) in [6.45, 7) is 0. The summed E-state index contributed by atoms with van der Waals surface area (Å²) in [6, 6.07) is 71.9. The van der Waals surface area contributed by atoms with Crippen LogP contribution in [0.25, 0.3) is 121 Å². The Morgan fingerprint density at radius 2 is 0.536 bits per heavy atom. The van der Waals surface area contributed by atoms with Gasteiger partial charge in [-0.3, -0.25) is 0 Å². The van der Waals surface area contributed by atoms with Crippen molar-refractivity contribution in [3.63, 3.8) is 0 Å². The van der Waals surface area contributed by atoms with Gasteiger partial charge in [-0.15, -0.1) is 0 Å². The fourth-order valence-corrected chi connectivity index (χ4v) is 9.85. The van der Waals surface area contributed by atoms with E-state index < -0.39 is 0 Å². The molecule has 0 saturated heterocycles. The standard InChI is InChI=1S/C54H32N2/c1-2-12-33(13-3-1)34-14-10-15-35(26-34)36-16-11-17-37(27-36)39-29-47-43-20-6-9-23-51(43)56-52-25-24-38(28-44(52)48(32-39)54(47)56)40-30-45-41-18-4-7-21-49(41)55-50-22-8-5-19-42(50)46(31-40)53(45)55/h1-32H. The molecule has 4 heterocycles. The number of rotatable bonds is 4. The minimum absolute atomic E-state index is 1.22. The molecular weight excluding hydrogens is 677 g/mol. The van der Waals surface area contributed by atoms with Crippen LogP contribution in [0.5, 0.6) is 0 Å². The van der Waals surface area contributed by atoms with Crippen LogP contribution < -0.4 is 0 Å². The number of hydrogen-bond donors (Lipinski definition) is 0. The lowest BCUT2D eigenvalue weighted by molar-refractivity contribution is 1.37. The van der Waals surface area contributed by atoms with Gasteiger partial charge < -0.3 is 8.80 Å². The summed E-state index contributed by atoms with van der Waals surface area (Å²) in [6.07, 6.45) is 0. The van der Waals surface area contributed by atoms with Gasteiger partial charge >= 0.3 is 0 Å². The van der Waals surface area contributed by atoms with Crippen molar-refractivity contribution >= 4 is 76.2 Å². The van der Waals surface area contributed by atoms with Crippen molar-refractivity contribution in [2.75, 3.05) is 0 Å². The molecule has 0 saturated carbocycles. The van der Waals surface area contributed by atoms with E-state index in [1.54, 1.807) is 0 Å². The van der Waals surface area contributed by atoms with Crippen molar-refractivity contribution < 1.29 is 0 Å². The van der Waals surface area contributed by atoms with E-state index in [2.05, 4.69) is 203 Å². The third kappa shape index (κ3) is 4.05. The van der Waals surface area contributed by atoms with Crippen LogP contribution in [-0.4, -0.2) is 8.80 Å². The van der Waals surface area contributed by atoms with Gasteiger partial charge in [-0.25, -0.2) is 0 Å². The highest BCUT2D eigenvalue weighted by Crippen LogP contribution is 2.45. The number of hydrogen-bond acceptors (Lipinski definition) is 0. The summed E-state index contributed by atoms with van der Waals surface area (Å²) in [5.41, 5.74) is 17.4. The van der Waals surface area contributed by atoms with E-state index in [1.807, 2.05) is 0 Å². The Labute approximate surface area is 322 Å². The van der Waals surface area contributed by atoms with Crippen LogP contribution >= 0.6 is 0 Å². The van der Waals surface area contributed by atoms with Crippen LogP contribution in [0, 0.1) is 0 Å². The lowest BCUT2D eigenvalue weighted by Gasteiger charge is -2.09. The summed E-state index contributed by atoms with van der Waals surface area (Å²) in [4.78, 5) is 0. The molecule has 0 bridgehead atoms. The number of benzene rings is 9. The highest BCUT2D eigenvalue weighted by molar-refractivity contribution is 6.26. The van der Waals surface area contributed by atoms with Gasteiger partial charge in [0, 0.05) is 43.1 Å². The van der Waals surface area contributed by atoms with Crippen molar-refractivity contribution in [3.05, 3.63) is 194 Å². The summed E-state index contributed by atoms with van der Waals surface area (Å²) in [5, 5.41) is 10.4. The third-order valence-electron chi connectivity index (χ3n) is 12.3. The molecule has 13 rings (SSSR count). The third-order valence-corrected chi connectivity index (χ3v) is 12.3. The molecule has 0 aliphatic rings. The highest BCUT2D eigenvalue weighted by Gasteiger charge is 2.22. The van der Waals surface area contributed by atoms with Crippen molar-refractivity contribution in [3.8, 4) is 44.5 Å². The fourth-order valence-electron chi connectivity index (χ4n) is 9.85. The van der Waals surface area contributed by atoms with Gasteiger partial charge in [0.15, 0.2) is 0 Å². The number of aromatic nitrogens is 2. The molecule has 0 aliphatic heterocycles. The molecule has 0 fully saturated rings. The first kappa shape index (κ1) is 30.0. The molecule has 9 aromatic carbocycles. The molecule has 0 aliphatic carbocycles. The van der Waals surface area contributed by atoms with Crippen LogP contribution in [0.15, 0.2) is 194 Å². The van der Waals surface area contributed by atoms with E-state index in [9.17, 15) is 0 Å². The Balaban J connectivity index is 1.03. The molecule has 0 radical (unpaired) electrons. The molecule has 0 spiro atoms. The van der Waals surface area contributed by atoms with Gasteiger partial charge in [0.05, 0.1) is 33.1 Å². The topological polar surface area (TPSA) is 8.82 Å². The maximum Gasteiger partial charge on any atom is 0.0620 e. The molecule has 0 atom stereocenters. The monoisotopic (exact) mass is 708 g/mol. The summed E-state index contributed by atoms with van der Waals surface area (Å²) < 4.78 is 4.94. The Hall–Kier alpha value is -7.42. The largest absolute Gasteiger partial charge is 0.308 e. The number of nitrogens with zero attached hydrogens (tertiary/aromatic N) is 2. The second-order valence-corrected chi connectivity index (χ2v) is 15.3. The first-order valence-electron chi connectivity index (χ1n) is 19.4. The second kappa shape index (κ2) is 11.1. The van der Waals surface area contributed by atoms with E-state index >= 15 is 0 Å². The maximum absolute atomic E-state index is 2.49. The molecule has 0 unspecified atom stereocenters. The van der Waals surface area contributed by atoms with Gasteiger partial charge in [-0.1, -0.05) is 127 Å². The number of fused-ring (bicyclic) bond motifs is 12. The Bertz CT molecular complexity index is 3610. The van der Waals surface area contributed by atoms with Crippen molar-refractivity contribution in [1.29, 1.82) is 0 Å². The van der Waals surface area contributed by atoms with Gasteiger partial charge in [0.2, 0.25) is 0 Å². The van der Waals surface area contributed by atoms with Crippen LogP contribution in [0.4, 0.5) is 0 Å². The maximum atomic E-state index is 2.49. The van der Waals surface area contributed by atoms with Gasteiger partial charge in [0.1, 0.15) is 0 Å². The van der Waals surface area contributed by atoms with E-state index in [-0.39, 0.29) is 0 Å². The van der Waals surface area contributed by atoms with Gasteiger partial charge in [-0.2, -0.15) is 0 Å². The lowest BCUT2D eigenvalue weighted by atomic mass is 9.94. The van der Waals surface area contributed by atoms with Crippen LogP contribution in [0.2, 0.25) is 0 Å². The minimum Gasteiger partial charge on any atom is -0.308 e. The molecule has 0 N–H and O–H groups in total. The SMILES string of the molecule is c1ccc(-c2cccc(-c3cccc(-c4cc5c6ccccc6n6c7ccc(-c8cc9c%10ccccc%10n%10c%11ccccc%11c(c8)c9%10)cc7c(c4)c56)c3)c2)cc1. The molecule has 2 nitrogen and oxygen atoms in total. The van der Waals surface area contributed by atoms with Crippen molar-refractivity contribution in [2.24, 2.45) is 0 Å². The Morgan fingerprint density at radius 1 is 0.196 bits per heavy atom. The molecule has 258 valence electrons. The van der Waals surface area contributed by atoms with E-state index in [0.717, 1.165) is 0 Å². The first-order valence-corrected chi connectivity index (χ1v) is 19.4. The molecule has 13 aromatic rings. The normalized spacial score (nSPS) is 12.3. The predicted octanol–water partition coefficient (Wildman–Crippen LogP) is 14.7. The Morgan fingerprint density at radius 3 is 1.04 bits per heavy atom. The molecule has 0 amide bonds. The molecule has 56 heavy (non-hydrogen) atoms. The summed E-state index contributed by atoms with van der Waals surface area (Å²) >= 11 is 0. The predicted molar refractivity (Wildman–Crippen MR) is 238 cm³/mol. The van der Waals surface area contributed by atoms with Gasteiger partial charge in [-0.05, 0) is 111 Å². The van der Waals surface area contributed by atoms with Crippen LogP contribution in [-0.2, 0) is 0 Å². The minimum atomic E-state index is 1.22. The zero-order chi connectivity index (χ0) is 36.5. The summed E-state index contributed by atoms with van der Waals surface area (Å²) in [7, 11) is 0. The molecular formula is C54H32N2. The summed E-state index contributed by atoms with van der Waals surface area (Å²) in [5.74, 6) is 0. The molecule has 2 heteroatoms. The van der Waals surface area contributed by atoms with E-state index in [1.165, 1.54) is 121 Å². The highest BCUT2D eigenvalue weighted by atomic mass is 14.9. The smallest absolute Gasteiger partial charge is 0.0620 e. The van der Waals surface area contributed by atoms with Crippen LogP contribution in [0.1, 0.15) is 0 Å². The average molecular weight is 709 g/mol. The Kier molecular flexibility index (Phi) is 5.92. The zero-order valence-corrected chi connectivity index (χ0v) is 30.4. The van der Waals surface area contributed by atoms with Gasteiger partial charge in [0.25, 0.3) is 0 Å². The fraction of sp³-hybridized carbons (Fsp3) is 0. The van der Waals surface area contributed by atoms with Crippen LogP contribution in [0.3, 0.4) is 0 Å². The quantitative estimate of drug-likeness (QED) is 0.172. The second-order valence-electron chi connectivity index (χ2n) is 15.3. The number of para-hydroxylation sites is 3. The average Bonchev–Trinajstić information content (AvgIpc) is 4.00. The lowest BCUT2D eigenvalue weighted by Crippen LogP contribution is -1.84. The molecule has 4 aromatic heterocycles. The van der Waals surface area contributed by atoms with Crippen molar-refractivity contribution in [2.45, 2.75) is 0 Å². The zero-order valence-electron chi connectivity index (χ0n) is 30.4.